The van der Waals surface area contributed by atoms with E-state index in [-0.39, 0.29) is 12.0 Å². The van der Waals surface area contributed by atoms with Gasteiger partial charge in [-0.15, -0.1) is 0 Å². The van der Waals surface area contributed by atoms with Gasteiger partial charge in [0, 0.05) is 26.2 Å². The van der Waals surface area contributed by atoms with Gasteiger partial charge in [0.15, 0.2) is 0 Å². The molecule has 6 heteroatoms. The van der Waals surface area contributed by atoms with Crippen molar-refractivity contribution in [2.75, 3.05) is 72.2 Å². The molecule has 1 atom stereocenters. The maximum Gasteiger partial charge on any atom is 0.236 e. The van der Waals surface area contributed by atoms with Gasteiger partial charge in [-0.05, 0) is 58.2 Å². The van der Waals surface area contributed by atoms with E-state index in [4.69, 9.17) is 9.47 Å². The number of carbonyl (C=O) groups is 1. The molecule has 0 N–H and O–H groups in total. The smallest absolute Gasteiger partial charge is 0.236 e. The van der Waals surface area contributed by atoms with Crippen molar-refractivity contribution < 1.29 is 14.3 Å². The van der Waals surface area contributed by atoms with E-state index in [2.05, 4.69) is 9.80 Å². The highest BCUT2D eigenvalue weighted by molar-refractivity contribution is 5.78. The minimum Gasteiger partial charge on any atom is -0.379 e. The minimum absolute atomic E-state index is 0.176. The molecule has 3 saturated heterocycles. The van der Waals surface area contributed by atoms with Gasteiger partial charge in [-0.2, -0.15) is 0 Å². The second-order valence-electron chi connectivity index (χ2n) is 7.84. The van der Waals surface area contributed by atoms with E-state index in [1.54, 1.807) is 0 Å². The van der Waals surface area contributed by atoms with Gasteiger partial charge < -0.3 is 14.4 Å². The van der Waals surface area contributed by atoms with Crippen LogP contribution in [-0.2, 0) is 14.3 Å². The Balaban J connectivity index is 1.28. The van der Waals surface area contributed by atoms with E-state index in [1.165, 1.54) is 32.2 Å². The molecule has 3 rings (SSSR count). The number of rotatable bonds is 6. The van der Waals surface area contributed by atoms with Crippen LogP contribution in [0.2, 0.25) is 0 Å². The third-order valence-electron chi connectivity index (χ3n) is 5.85. The molecule has 3 heterocycles. The summed E-state index contributed by atoms with van der Waals surface area (Å²) in [7, 11) is 0. The molecular weight excluding hydrogens is 318 g/mol. The number of nitrogens with zero attached hydrogens (tertiary/aromatic N) is 3. The van der Waals surface area contributed by atoms with Crippen molar-refractivity contribution in [1.29, 1.82) is 0 Å². The molecule has 0 aliphatic carbocycles. The molecule has 3 aliphatic heterocycles. The van der Waals surface area contributed by atoms with Crippen LogP contribution in [0.25, 0.3) is 0 Å². The first-order valence-corrected chi connectivity index (χ1v) is 10.1. The van der Waals surface area contributed by atoms with Crippen LogP contribution in [0.1, 0.15) is 32.6 Å². The maximum absolute atomic E-state index is 12.5. The average Bonchev–Trinajstić information content (AvgIpc) is 2.64. The van der Waals surface area contributed by atoms with Crippen LogP contribution < -0.4 is 0 Å². The summed E-state index contributed by atoms with van der Waals surface area (Å²) in [5.41, 5.74) is 0. The molecule has 3 aliphatic rings. The zero-order chi connectivity index (χ0) is 17.5. The predicted molar refractivity (Wildman–Crippen MR) is 97.7 cm³/mol. The lowest BCUT2D eigenvalue weighted by Gasteiger charge is -2.35. The highest BCUT2D eigenvalue weighted by atomic mass is 16.5. The normalized spacial score (nSPS) is 27.6. The Morgan fingerprint density at radius 2 is 1.76 bits per heavy atom. The van der Waals surface area contributed by atoms with Crippen LogP contribution in [0.15, 0.2) is 0 Å². The molecular formula is C19H35N3O3. The van der Waals surface area contributed by atoms with E-state index in [9.17, 15) is 4.79 Å². The standard InChI is InChI=1S/C19H35N3O3/c1-17-15-22(11-14-25-17)19(23)16-21-7-4-18(5-8-21)3-2-6-20-9-12-24-13-10-20/h17-18H,2-16H2,1H3. The Kier molecular flexibility index (Phi) is 7.52. The molecule has 3 fully saturated rings. The predicted octanol–water partition coefficient (Wildman–Crippen LogP) is 1.06. The summed E-state index contributed by atoms with van der Waals surface area (Å²) in [5.74, 6) is 1.12. The fourth-order valence-electron chi connectivity index (χ4n) is 4.20. The molecule has 0 aromatic rings. The molecule has 0 spiro atoms. The van der Waals surface area contributed by atoms with Crippen LogP contribution in [0.5, 0.6) is 0 Å². The second kappa shape index (κ2) is 9.86. The van der Waals surface area contributed by atoms with Gasteiger partial charge in [0.05, 0.1) is 32.5 Å². The topological polar surface area (TPSA) is 45.3 Å². The summed E-state index contributed by atoms with van der Waals surface area (Å²) in [5, 5.41) is 0. The Labute approximate surface area is 152 Å². The maximum atomic E-state index is 12.5. The Morgan fingerprint density at radius 1 is 1.00 bits per heavy atom. The van der Waals surface area contributed by atoms with Crippen LogP contribution in [0.4, 0.5) is 0 Å². The van der Waals surface area contributed by atoms with Crippen LogP contribution in [-0.4, -0.2) is 98.9 Å². The van der Waals surface area contributed by atoms with Crippen molar-refractivity contribution in [3.63, 3.8) is 0 Å². The highest BCUT2D eigenvalue weighted by Gasteiger charge is 2.25. The van der Waals surface area contributed by atoms with Gasteiger partial charge in [-0.3, -0.25) is 14.6 Å². The monoisotopic (exact) mass is 353 g/mol. The lowest BCUT2D eigenvalue weighted by molar-refractivity contribution is -0.139. The van der Waals surface area contributed by atoms with E-state index in [1.807, 2.05) is 11.8 Å². The van der Waals surface area contributed by atoms with Crippen molar-refractivity contribution in [2.45, 2.75) is 38.7 Å². The Bertz CT molecular complexity index is 407. The number of morpholine rings is 2. The summed E-state index contributed by atoms with van der Waals surface area (Å²) in [4.78, 5) is 19.3. The van der Waals surface area contributed by atoms with Gasteiger partial charge in [-0.25, -0.2) is 0 Å². The molecule has 0 saturated carbocycles. The first-order valence-electron chi connectivity index (χ1n) is 10.1. The number of ether oxygens (including phenoxy) is 2. The van der Waals surface area contributed by atoms with Crippen LogP contribution in [0, 0.1) is 5.92 Å². The summed E-state index contributed by atoms with van der Waals surface area (Å²) >= 11 is 0. The molecule has 0 bridgehead atoms. The molecule has 25 heavy (non-hydrogen) atoms. The first kappa shape index (κ1) is 19.1. The van der Waals surface area contributed by atoms with Gasteiger partial charge in [0.1, 0.15) is 0 Å². The third-order valence-corrected chi connectivity index (χ3v) is 5.85. The first-order chi connectivity index (χ1) is 12.2. The Hall–Kier alpha value is -0.690. The number of likely N-dealkylation sites (tertiary alicyclic amines) is 1. The number of carbonyl (C=O) groups excluding carboxylic acids is 1. The van der Waals surface area contributed by atoms with E-state index < -0.39 is 0 Å². The van der Waals surface area contributed by atoms with Crippen LogP contribution in [0.3, 0.4) is 0 Å². The molecule has 0 aromatic carbocycles. The molecule has 1 amide bonds. The van der Waals surface area contributed by atoms with Gasteiger partial charge >= 0.3 is 0 Å². The number of piperidine rings is 1. The van der Waals surface area contributed by atoms with Crippen molar-refractivity contribution in [2.24, 2.45) is 5.92 Å². The third kappa shape index (κ3) is 6.20. The zero-order valence-corrected chi connectivity index (χ0v) is 15.8. The number of hydrogen-bond donors (Lipinski definition) is 0. The number of amides is 1. The highest BCUT2D eigenvalue weighted by Crippen LogP contribution is 2.22. The summed E-state index contributed by atoms with van der Waals surface area (Å²) in [6, 6.07) is 0. The summed E-state index contributed by atoms with van der Waals surface area (Å²) in [6.07, 6.45) is 5.30. The van der Waals surface area contributed by atoms with E-state index in [0.717, 1.165) is 58.4 Å². The zero-order valence-electron chi connectivity index (χ0n) is 15.8. The molecule has 0 radical (unpaired) electrons. The fourth-order valence-corrected chi connectivity index (χ4v) is 4.20. The van der Waals surface area contributed by atoms with Gasteiger partial charge in [0.25, 0.3) is 0 Å². The molecule has 6 nitrogen and oxygen atoms in total. The number of hydrogen-bond acceptors (Lipinski definition) is 5. The molecule has 1 unspecified atom stereocenters. The largest absolute Gasteiger partial charge is 0.379 e. The fraction of sp³-hybridized carbons (Fsp3) is 0.947. The lowest BCUT2D eigenvalue weighted by atomic mass is 9.92. The van der Waals surface area contributed by atoms with Crippen LogP contribution >= 0.6 is 0 Å². The van der Waals surface area contributed by atoms with E-state index >= 15 is 0 Å². The van der Waals surface area contributed by atoms with E-state index in [0.29, 0.717) is 13.2 Å². The molecule has 0 aromatic heterocycles. The van der Waals surface area contributed by atoms with Crippen molar-refractivity contribution >= 4 is 5.91 Å². The lowest BCUT2D eigenvalue weighted by Crippen LogP contribution is -2.49. The van der Waals surface area contributed by atoms with Gasteiger partial charge in [0.2, 0.25) is 5.91 Å². The molecule has 144 valence electrons. The second-order valence-corrected chi connectivity index (χ2v) is 7.84. The Morgan fingerprint density at radius 3 is 2.48 bits per heavy atom. The van der Waals surface area contributed by atoms with Crippen molar-refractivity contribution in [3.05, 3.63) is 0 Å². The summed E-state index contributed by atoms with van der Waals surface area (Å²) < 4.78 is 10.9. The SMILES string of the molecule is CC1CN(C(=O)CN2CCC(CCCN3CCOCC3)CC2)CCO1. The average molecular weight is 354 g/mol. The van der Waals surface area contributed by atoms with Gasteiger partial charge in [-0.1, -0.05) is 0 Å². The van der Waals surface area contributed by atoms with Crippen molar-refractivity contribution in [3.8, 4) is 0 Å². The van der Waals surface area contributed by atoms with Crippen molar-refractivity contribution in [1.82, 2.24) is 14.7 Å². The quantitative estimate of drug-likeness (QED) is 0.714. The summed E-state index contributed by atoms with van der Waals surface area (Å²) in [6.45, 7) is 12.2. The minimum atomic E-state index is 0.176.